The summed E-state index contributed by atoms with van der Waals surface area (Å²) in [5, 5.41) is 14.4. The number of nitrogens with one attached hydrogen (secondary N) is 1. The van der Waals surface area contributed by atoms with Crippen molar-refractivity contribution >= 4 is 23.2 Å². The molecule has 1 aliphatic rings. The molecule has 2 amide bonds. The van der Waals surface area contributed by atoms with Crippen LogP contribution in [0.2, 0.25) is 0 Å². The number of likely N-dealkylation sites (N-methyl/N-ethyl adjacent to an activating group) is 1. The van der Waals surface area contributed by atoms with Gasteiger partial charge in [0.2, 0.25) is 5.91 Å². The Morgan fingerprint density at radius 3 is 2.36 bits per heavy atom. The van der Waals surface area contributed by atoms with Crippen molar-refractivity contribution in [2.24, 2.45) is 0 Å². The maximum atomic E-state index is 12.4. The molecule has 0 unspecified atom stereocenters. The van der Waals surface area contributed by atoms with E-state index in [2.05, 4.69) is 24.1 Å². The van der Waals surface area contributed by atoms with E-state index in [1.165, 1.54) is 13.0 Å². The topological polar surface area (TPSA) is 99.0 Å². The summed E-state index contributed by atoms with van der Waals surface area (Å²) in [6, 6.07) is 4.58. The molecule has 1 heterocycles. The maximum Gasteiger partial charge on any atom is 0.293 e. The van der Waals surface area contributed by atoms with Crippen molar-refractivity contribution < 1.29 is 14.5 Å². The van der Waals surface area contributed by atoms with Gasteiger partial charge in [0, 0.05) is 57.8 Å². The molecule has 28 heavy (non-hydrogen) atoms. The van der Waals surface area contributed by atoms with Gasteiger partial charge in [-0.15, -0.1) is 0 Å². The summed E-state index contributed by atoms with van der Waals surface area (Å²) in [5.41, 5.74) is 0.665. The quantitative estimate of drug-likeness (QED) is 0.530. The molecule has 1 fully saturated rings. The van der Waals surface area contributed by atoms with Crippen LogP contribution < -0.4 is 10.2 Å². The third kappa shape index (κ3) is 5.41. The van der Waals surface area contributed by atoms with Gasteiger partial charge < -0.3 is 20.0 Å². The highest BCUT2D eigenvalue weighted by Gasteiger charge is 2.25. The molecule has 2 rings (SSSR count). The lowest BCUT2D eigenvalue weighted by Crippen LogP contribution is -2.48. The zero-order valence-corrected chi connectivity index (χ0v) is 16.8. The number of anilines is 1. The highest BCUT2D eigenvalue weighted by molar-refractivity contribution is 5.95. The molecule has 0 bridgehead atoms. The molecule has 1 N–H and O–H groups in total. The number of nitro benzene ring substituents is 1. The summed E-state index contributed by atoms with van der Waals surface area (Å²) >= 11 is 0. The average Bonchev–Trinajstić information content (AvgIpc) is 2.70. The fourth-order valence-electron chi connectivity index (χ4n) is 3.31. The van der Waals surface area contributed by atoms with Gasteiger partial charge in [-0.05, 0) is 25.2 Å². The highest BCUT2D eigenvalue weighted by atomic mass is 16.6. The number of carbonyl (C=O) groups excluding carboxylic acids is 2. The standard InChI is InChI=1S/C19H29N5O4/c1-4-21(5-2)9-8-20-19(26)16-6-7-17(18(14-16)24(27)28)23-12-10-22(11-13-23)15(3)25/h6-7,14H,4-5,8-13H2,1-3H3,(H,20,26). The Labute approximate surface area is 165 Å². The lowest BCUT2D eigenvalue weighted by molar-refractivity contribution is -0.384. The molecule has 0 atom stereocenters. The van der Waals surface area contributed by atoms with E-state index < -0.39 is 4.92 Å². The monoisotopic (exact) mass is 391 g/mol. The van der Waals surface area contributed by atoms with Gasteiger partial charge in [0.25, 0.3) is 11.6 Å². The molecule has 1 aromatic carbocycles. The van der Waals surface area contributed by atoms with E-state index in [1.54, 1.807) is 17.0 Å². The van der Waals surface area contributed by atoms with Gasteiger partial charge >= 0.3 is 0 Å². The minimum Gasteiger partial charge on any atom is -0.362 e. The molecule has 1 saturated heterocycles. The van der Waals surface area contributed by atoms with Gasteiger partial charge in [-0.3, -0.25) is 19.7 Å². The number of hydrogen-bond acceptors (Lipinski definition) is 6. The second-order valence-electron chi connectivity index (χ2n) is 6.74. The summed E-state index contributed by atoms with van der Waals surface area (Å²) in [5.74, 6) is -0.311. The van der Waals surface area contributed by atoms with Crippen LogP contribution in [0.15, 0.2) is 18.2 Å². The van der Waals surface area contributed by atoms with Crippen molar-refractivity contribution in [3.05, 3.63) is 33.9 Å². The zero-order chi connectivity index (χ0) is 20.7. The first-order chi connectivity index (χ1) is 13.4. The molecular weight excluding hydrogens is 362 g/mol. The van der Waals surface area contributed by atoms with Crippen LogP contribution in [-0.2, 0) is 4.79 Å². The van der Waals surface area contributed by atoms with Gasteiger partial charge in [0.05, 0.1) is 4.92 Å². The lowest BCUT2D eigenvalue weighted by atomic mass is 10.1. The Morgan fingerprint density at radius 1 is 1.18 bits per heavy atom. The van der Waals surface area contributed by atoms with Crippen LogP contribution in [0, 0.1) is 10.1 Å². The minimum atomic E-state index is -0.459. The molecule has 1 aromatic rings. The summed E-state index contributed by atoms with van der Waals surface area (Å²) in [7, 11) is 0. The number of piperazine rings is 1. The smallest absolute Gasteiger partial charge is 0.293 e. The first-order valence-electron chi connectivity index (χ1n) is 9.66. The van der Waals surface area contributed by atoms with Crippen LogP contribution in [0.3, 0.4) is 0 Å². The number of amides is 2. The predicted molar refractivity (Wildman–Crippen MR) is 108 cm³/mol. The number of carbonyl (C=O) groups is 2. The first-order valence-corrected chi connectivity index (χ1v) is 9.66. The van der Waals surface area contributed by atoms with Crippen LogP contribution in [0.25, 0.3) is 0 Å². The number of hydrogen-bond donors (Lipinski definition) is 1. The normalized spacial score (nSPS) is 14.3. The Hall–Kier alpha value is -2.68. The summed E-state index contributed by atoms with van der Waals surface area (Å²) in [4.78, 5) is 40.7. The highest BCUT2D eigenvalue weighted by Crippen LogP contribution is 2.30. The van der Waals surface area contributed by atoms with Gasteiger partial charge in [-0.1, -0.05) is 13.8 Å². The van der Waals surface area contributed by atoms with Crippen molar-refractivity contribution in [2.75, 3.05) is 57.3 Å². The largest absolute Gasteiger partial charge is 0.362 e. The van der Waals surface area contributed by atoms with E-state index in [1.807, 2.05) is 4.90 Å². The third-order valence-corrected chi connectivity index (χ3v) is 5.11. The average molecular weight is 391 g/mol. The fraction of sp³-hybridized carbons (Fsp3) is 0.579. The Balaban J connectivity index is 2.07. The minimum absolute atomic E-state index is 0.00544. The van der Waals surface area contributed by atoms with Crippen LogP contribution in [0.1, 0.15) is 31.1 Å². The van der Waals surface area contributed by atoms with Gasteiger partial charge in [0.1, 0.15) is 5.69 Å². The van der Waals surface area contributed by atoms with Crippen LogP contribution >= 0.6 is 0 Å². The fourth-order valence-corrected chi connectivity index (χ4v) is 3.31. The van der Waals surface area contributed by atoms with Crippen LogP contribution in [0.4, 0.5) is 11.4 Å². The second kappa shape index (κ2) is 10.0. The van der Waals surface area contributed by atoms with E-state index in [4.69, 9.17) is 0 Å². The predicted octanol–water partition coefficient (Wildman–Crippen LogP) is 1.33. The number of nitrogens with zero attached hydrogens (tertiary/aromatic N) is 4. The van der Waals surface area contributed by atoms with Crippen molar-refractivity contribution in [3.63, 3.8) is 0 Å². The number of rotatable bonds is 8. The van der Waals surface area contributed by atoms with Gasteiger partial charge in [-0.25, -0.2) is 0 Å². The van der Waals surface area contributed by atoms with E-state index in [0.29, 0.717) is 38.4 Å². The van der Waals surface area contributed by atoms with Gasteiger partial charge in [-0.2, -0.15) is 0 Å². The molecule has 154 valence electrons. The SMILES string of the molecule is CCN(CC)CCNC(=O)c1ccc(N2CCN(C(C)=O)CC2)c([N+](=O)[O-])c1. The van der Waals surface area contributed by atoms with E-state index in [0.717, 1.165) is 19.6 Å². The zero-order valence-electron chi connectivity index (χ0n) is 16.8. The van der Waals surface area contributed by atoms with E-state index >= 15 is 0 Å². The van der Waals surface area contributed by atoms with Crippen molar-refractivity contribution in [3.8, 4) is 0 Å². The van der Waals surface area contributed by atoms with Crippen LogP contribution in [-0.4, -0.2) is 78.9 Å². The van der Waals surface area contributed by atoms with Crippen molar-refractivity contribution in [2.45, 2.75) is 20.8 Å². The van der Waals surface area contributed by atoms with Crippen molar-refractivity contribution in [1.29, 1.82) is 0 Å². The van der Waals surface area contributed by atoms with E-state index in [9.17, 15) is 19.7 Å². The van der Waals surface area contributed by atoms with Crippen molar-refractivity contribution in [1.82, 2.24) is 15.1 Å². The first kappa shape index (κ1) is 21.6. The molecule has 1 aliphatic heterocycles. The summed E-state index contributed by atoms with van der Waals surface area (Å²) in [6.07, 6.45) is 0. The molecule has 9 heteroatoms. The number of nitro groups is 1. The Morgan fingerprint density at radius 2 is 1.82 bits per heavy atom. The molecule has 0 radical (unpaired) electrons. The summed E-state index contributed by atoms with van der Waals surface area (Å²) in [6.45, 7) is 10.8. The molecule has 0 aromatic heterocycles. The second-order valence-corrected chi connectivity index (χ2v) is 6.74. The molecule has 9 nitrogen and oxygen atoms in total. The lowest BCUT2D eigenvalue weighted by Gasteiger charge is -2.35. The van der Waals surface area contributed by atoms with E-state index in [-0.39, 0.29) is 23.1 Å². The molecular formula is C19H29N5O4. The van der Waals surface area contributed by atoms with Crippen LogP contribution in [0.5, 0.6) is 0 Å². The molecule has 0 aliphatic carbocycles. The molecule has 0 saturated carbocycles. The van der Waals surface area contributed by atoms with Gasteiger partial charge in [0.15, 0.2) is 0 Å². The molecule has 0 spiro atoms. The Bertz CT molecular complexity index is 712. The maximum absolute atomic E-state index is 12.4. The summed E-state index contributed by atoms with van der Waals surface area (Å²) < 4.78 is 0. The Kier molecular flexibility index (Phi) is 7.74. The third-order valence-electron chi connectivity index (χ3n) is 5.11. The number of benzene rings is 1.